The maximum Gasteiger partial charge on any atom is 0.306 e. The highest BCUT2D eigenvalue weighted by atomic mass is 16.5. The van der Waals surface area contributed by atoms with Gasteiger partial charge in [-0.1, -0.05) is 103 Å². The summed E-state index contributed by atoms with van der Waals surface area (Å²) in [7, 11) is 0. The summed E-state index contributed by atoms with van der Waals surface area (Å²) in [5, 5.41) is 8.76. The van der Waals surface area contributed by atoms with E-state index in [0.29, 0.717) is 6.42 Å². The number of allylic oxidation sites excluding steroid dienone is 3. The predicted octanol–water partition coefficient (Wildman–Crippen LogP) is 10.1. The molecule has 0 rings (SSSR count). The summed E-state index contributed by atoms with van der Waals surface area (Å²) < 4.78 is 5.80. The van der Waals surface area contributed by atoms with Gasteiger partial charge in [0.2, 0.25) is 0 Å². The van der Waals surface area contributed by atoms with E-state index in [-0.39, 0.29) is 18.5 Å². The molecule has 0 fully saturated rings. The van der Waals surface area contributed by atoms with Gasteiger partial charge in [0.05, 0.1) is 0 Å². The minimum Gasteiger partial charge on any atom is -0.481 e. The van der Waals surface area contributed by atoms with E-state index in [9.17, 15) is 9.59 Å². The average Bonchev–Trinajstić information content (AvgIpc) is 2.85. The monoisotopic (exact) mass is 506 g/mol. The van der Waals surface area contributed by atoms with Crippen LogP contribution in [0.2, 0.25) is 0 Å². The molecule has 0 saturated carbocycles. The molecule has 0 amide bonds. The summed E-state index contributed by atoms with van der Waals surface area (Å²) in [6.45, 7) is 4.47. The molecule has 0 aliphatic rings. The molecular formula is C32H58O4. The molecule has 0 aromatic heterocycles. The van der Waals surface area contributed by atoms with E-state index in [1.165, 1.54) is 83.5 Å². The molecule has 4 heteroatoms. The summed E-state index contributed by atoms with van der Waals surface area (Å²) in [6, 6.07) is 0. The van der Waals surface area contributed by atoms with Crippen LogP contribution in [0.5, 0.6) is 0 Å². The van der Waals surface area contributed by atoms with Crippen molar-refractivity contribution >= 4 is 11.9 Å². The van der Waals surface area contributed by atoms with Gasteiger partial charge in [0, 0.05) is 12.8 Å². The third-order valence-electron chi connectivity index (χ3n) is 6.63. The van der Waals surface area contributed by atoms with Crippen LogP contribution in [0.15, 0.2) is 24.3 Å². The largest absolute Gasteiger partial charge is 0.481 e. The summed E-state index contributed by atoms with van der Waals surface area (Å²) in [5.41, 5.74) is 0. The smallest absolute Gasteiger partial charge is 0.306 e. The molecule has 0 aliphatic carbocycles. The fourth-order valence-corrected chi connectivity index (χ4v) is 4.32. The minimum atomic E-state index is -0.724. The van der Waals surface area contributed by atoms with Gasteiger partial charge in [-0.3, -0.25) is 9.59 Å². The van der Waals surface area contributed by atoms with Gasteiger partial charge in [-0.25, -0.2) is 0 Å². The fraction of sp³-hybridized carbons (Fsp3) is 0.812. The Morgan fingerprint density at radius 3 is 1.67 bits per heavy atom. The molecule has 0 bridgehead atoms. The van der Waals surface area contributed by atoms with E-state index in [1.807, 2.05) is 0 Å². The molecule has 0 saturated heterocycles. The predicted molar refractivity (Wildman–Crippen MR) is 153 cm³/mol. The van der Waals surface area contributed by atoms with Crippen LogP contribution < -0.4 is 0 Å². The fourth-order valence-electron chi connectivity index (χ4n) is 4.32. The zero-order chi connectivity index (χ0) is 26.5. The molecule has 0 aliphatic heterocycles. The summed E-state index contributed by atoms with van der Waals surface area (Å²) in [4.78, 5) is 23.0. The number of unbranched alkanes of at least 4 members (excludes halogenated alkanes) is 16. The van der Waals surface area contributed by atoms with Crippen LogP contribution in [0.3, 0.4) is 0 Å². The molecule has 4 nitrogen and oxygen atoms in total. The number of carboxylic acid groups (broad SMARTS) is 1. The van der Waals surface area contributed by atoms with Gasteiger partial charge < -0.3 is 9.84 Å². The van der Waals surface area contributed by atoms with Crippen molar-refractivity contribution in [1.82, 2.24) is 0 Å². The lowest BCUT2D eigenvalue weighted by Gasteiger charge is -2.15. The highest BCUT2D eigenvalue weighted by Gasteiger charge is 2.11. The normalized spacial score (nSPS) is 12.5. The lowest BCUT2D eigenvalue weighted by atomic mass is 10.1. The maximum atomic E-state index is 12.4. The number of aliphatic carboxylic acids is 1. The number of carboxylic acids is 1. The van der Waals surface area contributed by atoms with Crippen LogP contribution in [0.4, 0.5) is 0 Å². The number of ether oxygens (including phenoxy) is 1. The van der Waals surface area contributed by atoms with E-state index in [1.54, 1.807) is 0 Å². The minimum absolute atomic E-state index is 0.0764. The van der Waals surface area contributed by atoms with Gasteiger partial charge in [0.25, 0.3) is 0 Å². The van der Waals surface area contributed by atoms with Crippen LogP contribution in [0.1, 0.15) is 162 Å². The van der Waals surface area contributed by atoms with Gasteiger partial charge in [0.1, 0.15) is 6.10 Å². The van der Waals surface area contributed by atoms with Crippen LogP contribution in [-0.4, -0.2) is 23.1 Å². The van der Waals surface area contributed by atoms with Crippen LogP contribution in [0, 0.1) is 0 Å². The quantitative estimate of drug-likeness (QED) is 0.0683. The molecule has 1 N–H and O–H groups in total. The van der Waals surface area contributed by atoms with Crippen molar-refractivity contribution in [3.05, 3.63) is 24.3 Å². The molecule has 0 radical (unpaired) electrons. The molecule has 0 aromatic rings. The lowest BCUT2D eigenvalue weighted by Crippen LogP contribution is -2.16. The summed E-state index contributed by atoms with van der Waals surface area (Å²) in [6.07, 6.45) is 33.4. The lowest BCUT2D eigenvalue weighted by molar-refractivity contribution is -0.147. The third-order valence-corrected chi connectivity index (χ3v) is 6.63. The number of carbonyl (C=O) groups excluding carboxylic acids is 1. The maximum absolute atomic E-state index is 12.4. The molecular weight excluding hydrogens is 448 g/mol. The topological polar surface area (TPSA) is 63.6 Å². The first-order chi connectivity index (χ1) is 17.6. The summed E-state index contributed by atoms with van der Waals surface area (Å²) in [5.74, 6) is -0.801. The Morgan fingerprint density at radius 1 is 0.611 bits per heavy atom. The van der Waals surface area contributed by atoms with Crippen molar-refractivity contribution in [3.8, 4) is 0 Å². The Bertz CT molecular complexity index is 552. The SMILES string of the molecule is CCCCCC/C=C\CCCCCCCC(=O)OC(/C=C\CCCCCC)CCCCCCC(=O)O. The highest BCUT2D eigenvalue weighted by molar-refractivity contribution is 5.69. The number of hydrogen-bond donors (Lipinski definition) is 1. The molecule has 36 heavy (non-hydrogen) atoms. The third kappa shape index (κ3) is 27.0. The highest BCUT2D eigenvalue weighted by Crippen LogP contribution is 2.15. The molecule has 0 heterocycles. The zero-order valence-electron chi connectivity index (χ0n) is 23.8. The second-order valence-corrected chi connectivity index (χ2v) is 10.3. The second kappa shape index (κ2) is 28.0. The zero-order valence-corrected chi connectivity index (χ0v) is 23.8. The molecule has 0 aromatic carbocycles. The van der Waals surface area contributed by atoms with Gasteiger partial charge in [-0.15, -0.1) is 0 Å². The first-order valence-electron chi connectivity index (χ1n) is 15.3. The first-order valence-corrected chi connectivity index (χ1v) is 15.3. The Kier molecular flexibility index (Phi) is 26.8. The van der Waals surface area contributed by atoms with E-state index in [0.717, 1.165) is 51.4 Å². The number of hydrogen-bond acceptors (Lipinski definition) is 3. The van der Waals surface area contributed by atoms with Crippen molar-refractivity contribution in [3.63, 3.8) is 0 Å². The Balaban J connectivity index is 4.02. The van der Waals surface area contributed by atoms with Crippen molar-refractivity contribution in [2.75, 3.05) is 0 Å². The van der Waals surface area contributed by atoms with Crippen LogP contribution in [0.25, 0.3) is 0 Å². The Labute approximate surface area is 223 Å². The molecule has 1 atom stereocenters. The van der Waals surface area contributed by atoms with Gasteiger partial charge in [0.15, 0.2) is 0 Å². The molecule has 210 valence electrons. The van der Waals surface area contributed by atoms with E-state index >= 15 is 0 Å². The first kappa shape index (κ1) is 34.4. The van der Waals surface area contributed by atoms with E-state index in [4.69, 9.17) is 9.84 Å². The Morgan fingerprint density at radius 2 is 1.08 bits per heavy atom. The number of esters is 1. The van der Waals surface area contributed by atoms with E-state index in [2.05, 4.69) is 38.2 Å². The van der Waals surface area contributed by atoms with Crippen molar-refractivity contribution in [2.24, 2.45) is 0 Å². The van der Waals surface area contributed by atoms with Gasteiger partial charge in [-0.05, 0) is 70.3 Å². The van der Waals surface area contributed by atoms with Crippen molar-refractivity contribution < 1.29 is 19.4 Å². The van der Waals surface area contributed by atoms with Crippen LogP contribution in [-0.2, 0) is 14.3 Å². The summed E-state index contributed by atoms with van der Waals surface area (Å²) >= 11 is 0. The van der Waals surface area contributed by atoms with Crippen molar-refractivity contribution in [1.29, 1.82) is 0 Å². The standard InChI is InChI=1S/C32H58O4/c1-3-5-7-9-11-12-13-14-15-16-17-19-25-29-32(35)36-30(26-22-18-10-8-6-4-2)27-23-20-21-24-28-31(33)34/h12-13,22,26,30H,3-11,14-21,23-25,27-29H2,1-2H3,(H,33,34)/b13-12-,26-22-. The van der Waals surface area contributed by atoms with Crippen LogP contribution >= 0.6 is 0 Å². The molecule has 1 unspecified atom stereocenters. The van der Waals surface area contributed by atoms with Gasteiger partial charge in [-0.2, -0.15) is 0 Å². The van der Waals surface area contributed by atoms with Crippen molar-refractivity contribution in [2.45, 2.75) is 168 Å². The number of carbonyl (C=O) groups is 2. The number of rotatable bonds is 27. The van der Waals surface area contributed by atoms with E-state index < -0.39 is 5.97 Å². The second-order valence-electron chi connectivity index (χ2n) is 10.3. The molecule has 0 spiro atoms. The average molecular weight is 507 g/mol. The Hall–Kier alpha value is -1.58. The van der Waals surface area contributed by atoms with Gasteiger partial charge >= 0.3 is 11.9 Å².